The van der Waals surface area contributed by atoms with Crippen LogP contribution < -0.4 is 4.90 Å². The average molecular weight is 285 g/mol. The molecular formula is C15H15N3OS. The number of rotatable bonds is 5. The summed E-state index contributed by atoms with van der Waals surface area (Å²) in [5, 5.41) is 2.06. The number of thiophene rings is 1. The van der Waals surface area contributed by atoms with Crippen LogP contribution in [0.15, 0.2) is 41.9 Å². The van der Waals surface area contributed by atoms with Crippen molar-refractivity contribution in [2.45, 2.75) is 13.5 Å². The number of anilines is 1. The maximum Gasteiger partial charge on any atom is 0.170 e. The van der Waals surface area contributed by atoms with Crippen LogP contribution in [0.5, 0.6) is 0 Å². The summed E-state index contributed by atoms with van der Waals surface area (Å²) in [6.07, 6.45) is 2.75. The highest BCUT2D eigenvalue weighted by Crippen LogP contribution is 2.23. The first-order chi connectivity index (χ1) is 9.83. The summed E-state index contributed by atoms with van der Waals surface area (Å²) in [6.45, 7) is 3.66. The third-order valence-electron chi connectivity index (χ3n) is 3.27. The predicted octanol–water partition coefficient (Wildman–Crippen LogP) is 3.23. The van der Waals surface area contributed by atoms with Gasteiger partial charge in [0.2, 0.25) is 0 Å². The zero-order valence-corrected chi connectivity index (χ0v) is 12.0. The van der Waals surface area contributed by atoms with Crippen LogP contribution in [0.3, 0.4) is 0 Å². The fourth-order valence-electron chi connectivity index (χ4n) is 2.27. The molecule has 0 aliphatic rings. The van der Waals surface area contributed by atoms with Gasteiger partial charge in [-0.05, 0) is 30.5 Å². The standard InChI is InChI=1S/C15H15N3OS/c1-2-17(10-12-6-5-9-20-12)15-13(11-19)18-8-4-3-7-14(18)16-15/h3-9,11H,2,10H2,1H3. The lowest BCUT2D eigenvalue weighted by atomic mass is 10.3. The second-order valence-electron chi connectivity index (χ2n) is 4.46. The maximum absolute atomic E-state index is 11.4. The lowest BCUT2D eigenvalue weighted by Crippen LogP contribution is -2.23. The zero-order chi connectivity index (χ0) is 13.9. The molecule has 0 aromatic carbocycles. The van der Waals surface area contributed by atoms with Crippen LogP contribution in [0.25, 0.3) is 5.65 Å². The third-order valence-corrected chi connectivity index (χ3v) is 4.13. The van der Waals surface area contributed by atoms with Crippen LogP contribution in [0, 0.1) is 0 Å². The fourth-order valence-corrected chi connectivity index (χ4v) is 2.99. The van der Waals surface area contributed by atoms with E-state index >= 15 is 0 Å². The van der Waals surface area contributed by atoms with Gasteiger partial charge < -0.3 is 4.90 Å². The average Bonchev–Trinajstić information content (AvgIpc) is 3.11. The van der Waals surface area contributed by atoms with Gasteiger partial charge in [-0.1, -0.05) is 12.1 Å². The van der Waals surface area contributed by atoms with Crippen molar-refractivity contribution >= 4 is 29.1 Å². The summed E-state index contributed by atoms with van der Waals surface area (Å²) in [4.78, 5) is 19.4. The number of aldehydes is 1. The van der Waals surface area contributed by atoms with E-state index in [0.29, 0.717) is 5.69 Å². The molecule has 0 amide bonds. The van der Waals surface area contributed by atoms with Crippen molar-refractivity contribution in [3.8, 4) is 0 Å². The van der Waals surface area contributed by atoms with E-state index < -0.39 is 0 Å². The van der Waals surface area contributed by atoms with Crippen LogP contribution in [-0.4, -0.2) is 22.2 Å². The number of hydrogen-bond donors (Lipinski definition) is 0. The first kappa shape index (κ1) is 12.9. The minimum Gasteiger partial charge on any atom is -0.350 e. The van der Waals surface area contributed by atoms with Gasteiger partial charge >= 0.3 is 0 Å². The van der Waals surface area contributed by atoms with Gasteiger partial charge in [-0.3, -0.25) is 9.20 Å². The van der Waals surface area contributed by atoms with Gasteiger partial charge in [0.05, 0.1) is 6.54 Å². The zero-order valence-electron chi connectivity index (χ0n) is 11.2. The number of hydrogen-bond acceptors (Lipinski definition) is 4. The molecule has 3 rings (SSSR count). The van der Waals surface area contributed by atoms with Crippen molar-refractivity contribution in [2.24, 2.45) is 0 Å². The number of nitrogens with zero attached hydrogens (tertiary/aromatic N) is 3. The fraction of sp³-hybridized carbons (Fsp3) is 0.200. The third kappa shape index (κ3) is 2.20. The van der Waals surface area contributed by atoms with Gasteiger partial charge in [-0.15, -0.1) is 11.3 Å². The Labute approximate surface area is 121 Å². The molecule has 3 aromatic rings. The topological polar surface area (TPSA) is 37.6 Å². The number of imidazole rings is 1. The highest BCUT2D eigenvalue weighted by molar-refractivity contribution is 7.09. The van der Waals surface area contributed by atoms with E-state index in [1.807, 2.05) is 34.9 Å². The van der Waals surface area contributed by atoms with Crippen molar-refractivity contribution < 1.29 is 4.79 Å². The van der Waals surface area contributed by atoms with E-state index in [1.54, 1.807) is 11.3 Å². The number of aromatic nitrogens is 2. The monoisotopic (exact) mass is 285 g/mol. The van der Waals surface area contributed by atoms with E-state index in [2.05, 4.69) is 28.3 Å². The van der Waals surface area contributed by atoms with Crippen LogP contribution in [-0.2, 0) is 6.54 Å². The van der Waals surface area contributed by atoms with Crippen molar-refractivity contribution in [1.29, 1.82) is 0 Å². The van der Waals surface area contributed by atoms with Crippen molar-refractivity contribution in [1.82, 2.24) is 9.38 Å². The molecule has 3 aromatic heterocycles. The largest absolute Gasteiger partial charge is 0.350 e. The Morgan fingerprint density at radius 1 is 1.35 bits per heavy atom. The predicted molar refractivity (Wildman–Crippen MR) is 81.6 cm³/mol. The lowest BCUT2D eigenvalue weighted by Gasteiger charge is -2.20. The Morgan fingerprint density at radius 2 is 2.25 bits per heavy atom. The molecule has 0 fully saturated rings. The van der Waals surface area contributed by atoms with Gasteiger partial charge in [0, 0.05) is 17.6 Å². The molecule has 0 aliphatic heterocycles. The molecule has 20 heavy (non-hydrogen) atoms. The summed E-state index contributed by atoms with van der Waals surface area (Å²) in [5.41, 5.74) is 1.41. The van der Waals surface area contributed by atoms with E-state index in [-0.39, 0.29) is 0 Å². The Bertz CT molecular complexity index is 718. The smallest absolute Gasteiger partial charge is 0.170 e. The molecular weight excluding hydrogens is 270 g/mol. The van der Waals surface area contributed by atoms with E-state index in [0.717, 1.165) is 30.8 Å². The highest BCUT2D eigenvalue weighted by Gasteiger charge is 2.17. The second-order valence-corrected chi connectivity index (χ2v) is 5.49. The van der Waals surface area contributed by atoms with Crippen LogP contribution >= 0.6 is 11.3 Å². The number of fused-ring (bicyclic) bond motifs is 1. The first-order valence-electron chi connectivity index (χ1n) is 6.53. The maximum atomic E-state index is 11.4. The number of pyridine rings is 1. The molecule has 3 heterocycles. The summed E-state index contributed by atoms with van der Waals surface area (Å²) >= 11 is 1.72. The first-order valence-corrected chi connectivity index (χ1v) is 7.41. The van der Waals surface area contributed by atoms with Crippen molar-refractivity contribution in [3.05, 3.63) is 52.5 Å². The Hall–Kier alpha value is -2.14. The van der Waals surface area contributed by atoms with Gasteiger partial charge in [-0.25, -0.2) is 4.98 Å². The Balaban J connectivity index is 2.04. The minimum atomic E-state index is 0.610. The normalized spacial score (nSPS) is 10.8. The lowest BCUT2D eigenvalue weighted by molar-refractivity contribution is 0.111. The van der Waals surface area contributed by atoms with Crippen LogP contribution in [0.1, 0.15) is 22.3 Å². The van der Waals surface area contributed by atoms with Crippen molar-refractivity contribution in [2.75, 3.05) is 11.4 Å². The molecule has 0 unspecified atom stereocenters. The van der Waals surface area contributed by atoms with Crippen LogP contribution in [0.2, 0.25) is 0 Å². The highest BCUT2D eigenvalue weighted by atomic mass is 32.1. The van der Waals surface area contributed by atoms with Gasteiger partial charge in [0.1, 0.15) is 11.3 Å². The molecule has 0 saturated heterocycles. The molecule has 0 radical (unpaired) electrons. The minimum absolute atomic E-state index is 0.610. The van der Waals surface area contributed by atoms with Gasteiger partial charge in [0.15, 0.2) is 12.1 Å². The molecule has 0 N–H and O–H groups in total. The van der Waals surface area contributed by atoms with E-state index in [1.165, 1.54) is 4.88 Å². The molecule has 102 valence electrons. The van der Waals surface area contributed by atoms with Gasteiger partial charge in [-0.2, -0.15) is 0 Å². The van der Waals surface area contributed by atoms with Gasteiger partial charge in [0.25, 0.3) is 0 Å². The van der Waals surface area contributed by atoms with E-state index in [9.17, 15) is 4.79 Å². The van der Waals surface area contributed by atoms with E-state index in [4.69, 9.17) is 0 Å². The Morgan fingerprint density at radius 3 is 2.95 bits per heavy atom. The molecule has 4 nitrogen and oxygen atoms in total. The molecule has 0 bridgehead atoms. The summed E-state index contributed by atoms with van der Waals surface area (Å²) in [7, 11) is 0. The molecule has 0 saturated carbocycles. The quantitative estimate of drug-likeness (QED) is 0.675. The summed E-state index contributed by atoms with van der Waals surface area (Å²) < 4.78 is 1.83. The number of carbonyl (C=O) groups excluding carboxylic acids is 1. The van der Waals surface area contributed by atoms with Crippen LogP contribution in [0.4, 0.5) is 5.82 Å². The summed E-state index contributed by atoms with van der Waals surface area (Å²) in [5.74, 6) is 0.752. The Kier molecular flexibility index (Phi) is 3.52. The summed E-state index contributed by atoms with van der Waals surface area (Å²) in [6, 6.07) is 9.88. The second kappa shape index (κ2) is 5.46. The molecule has 0 atom stereocenters. The molecule has 0 aliphatic carbocycles. The number of carbonyl (C=O) groups is 1. The van der Waals surface area contributed by atoms with Crippen molar-refractivity contribution in [3.63, 3.8) is 0 Å². The molecule has 5 heteroatoms. The SMILES string of the molecule is CCN(Cc1cccs1)c1nc2ccccn2c1C=O. The molecule has 0 spiro atoms.